The van der Waals surface area contributed by atoms with Crippen molar-refractivity contribution in [3.8, 4) is 0 Å². The minimum atomic E-state index is -2.55. The molecule has 1 aromatic carbocycles. The molecule has 0 aliphatic carbocycles. The normalized spacial score (nSPS) is 10.8. The fourth-order valence-corrected chi connectivity index (χ4v) is 1.91. The minimum absolute atomic E-state index is 0.0863. The largest absolute Gasteiger partial charge is 0.480 e. The van der Waals surface area contributed by atoms with Gasteiger partial charge in [0.1, 0.15) is 25.2 Å². The fraction of sp³-hybridized carbons (Fsp3) is 0.308. The maximum absolute atomic E-state index is 12.5. The van der Waals surface area contributed by atoms with Gasteiger partial charge in [0.25, 0.3) is 6.43 Å². The summed E-state index contributed by atoms with van der Waals surface area (Å²) in [6, 6.07) is 8.84. The molecule has 0 atom stereocenters. The van der Waals surface area contributed by atoms with Gasteiger partial charge >= 0.3 is 5.97 Å². The molecule has 0 bridgehead atoms. The van der Waals surface area contributed by atoms with Crippen LogP contribution in [0.3, 0.4) is 0 Å². The van der Waals surface area contributed by atoms with Crippen molar-refractivity contribution in [2.45, 2.75) is 19.5 Å². The molecular weight excluding hydrogens is 282 g/mol. The average Bonchev–Trinajstić information content (AvgIpc) is 2.85. The van der Waals surface area contributed by atoms with E-state index in [1.54, 1.807) is 24.3 Å². The summed E-state index contributed by atoms with van der Waals surface area (Å²) in [6.45, 7) is -0.736. The Kier molecular flexibility index (Phi) is 4.81. The molecule has 0 spiro atoms. The van der Waals surface area contributed by atoms with E-state index >= 15 is 0 Å². The summed E-state index contributed by atoms with van der Waals surface area (Å²) in [6.07, 6.45) is -1.36. The molecule has 0 unspecified atom stereocenters. The molecule has 1 aromatic heterocycles. The summed E-state index contributed by atoms with van der Waals surface area (Å²) >= 11 is 0. The van der Waals surface area contributed by atoms with Crippen molar-refractivity contribution in [2.24, 2.45) is 0 Å². The summed E-state index contributed by atoms with van der Waals surface area (Å²) in [5.74, 6) is -0.723. The van der Waals surface area contributed by atoms with Gasteiger partial charge in [-0.3, -0.25) is 4.79 Å². The van der Waals surface area contributed by atoms with Crippen molar-refractivity contribution < 1.29 is 18.7 Å². The minimum Gasteiger partial charge on any atom is -0.480 e. The van der Waals surface area contributed by atoms with Gasteiger partial charge in [0.05, 0.1) is 6.54 Å². The highest BCUT2D eigenvalue weighted by atomic mass is 19.3. The van der Waals surface area contributed by atoms with Crippen LogP contribution in [0.4, 0.5) is 14.5 Å². The molecular formula is C13H14F2N4O2. The molecule has 1 N–H and O–H groups in total. The number of carbonyl (C=O) groups is 1. The van der Waals surface area contributed by atoms with Gasteiger partial charge in [0.15, 0.2) is 0 Å². The Hall–Kier alpha value is -2.51. The number of carboxylic acids is 1. The van der Waals surface area contributed by atoms with E-state index < -0.39 is 18.9 Å². The van der Waals surface area contributed by atoms with Crippen LogP contribution >= 0.6 is 0 Å². The van der Waals surface area contributed by atoms with E-state index in [4.69, 9.17) is 5.11 Å². The number of para-hydroxylation sites is 1. The Morgan fingerprint density at radius 3 is 2.67 bits per heavy atom. The molecule has 6 nitrogen and oxygen atoms in total. The third-order valence-electron chi connectivity index (χ3n) is 2.79. The van der Waals surface area contributed by atoms with Crippen molar-refractivity contribution in [2.75, 3.05) is 11.4 Å². The first-order valence-electron chi connectivity index (χ1n) is 6.23. The second-order valence-electron chi connectivity index (χ2n) is 4.33. The second-order valence-corrected chi connectivity index (χ2v) is 4.33. The van der Waals surface area contributed by atoms with Crippen LogP contribution in [-0.4, -0.2) is 38.8 Å². The number of hydrogen-bond donors (Lipinski definition) is 1. The van der Waals surface area contributed by atoms with Gasteiger partial charge in [-0.1, -0.05) is 18.2 Å². The van der Waals surface area contributed by atoms with E-state index in [0.717, 1.165) is 4.68 Å². The van der Waals surface area contributed by atoms with E-state index in [2.05, 4.69) is 10.1 Å². The predicted octanol–water partition coefficient (Wildman–Crippen LogP) is 1.63. The molecule has 0 saturated carbocycles. The number of nitrogens with zero attached hydrogens (tertiary/aromatic N) is 4. The van der Waals surface area contributed by atoms with Gasteiger partial charge in [-0.2, -0.15) is 5.10 Å². The van der Waals surface area contributed by atoms with Crippen LogP contribution in [0.25, 0.3) is 0 Å². The average molecular weight is 296 g/mol. The zero-order chi connectivity index (χ0) is 15.2. The molecule has 0 saturated heterocycles. The summed E-state index contributed by atoms with van der Waals surface area (Å²) in [5.41, 5.74) is 0.673. The van der Waals surface area contributed by atoms with Crippen LogP contribution in [0, 0.1) is 0 Å². The van der Waals surface area contributed by atoms with Gasteiger partial charge < -0.3 is 10.0 Å². The smallest absolute Gasteiger partial charge is 0.323 e. The lowest BCUT2D eigenvalue weighted by Crippen LogP contribution is -2.31. The Labute approximate surface area is 119 Å². The van der Waals surface area contributed by atoms with Crippen molar-refractivity contribution >= 4 is 11.7 Å². The third kappa shape index (κ3) is 4.23. The summed E-state index contributed by atoms with van der Waals surface area (Å²) in [4.78, 5) is 16.4. The van der Waals surface area contributed by atoms with Gasteiger partial charge in [-0.15, -0.1) is 0 Å². The number of alkyl halides is 2. The van der Waals surface area contributed by atoms with Crippen LogP contribution < -0.4 is 4.90 Å². The van der Waals surface area contributed by atoms with E-state index in [1.807, 2.05) is 6.07 Å². The van der Waals surface area contributed by atoms with Crippen LogP contribution in [0.5, 0.6) is 0 Å². The van der Waals surface area contributed by atoms with Crippen molar-refractivity contribution in [3.63, 3.8) is 0 Å². The highest BCUT2D eigenvalue weighted by Gasteiger charge is 2.16. The number of aromatic nitrogens is 3. The maximum atomic E-state index is 12.5. The maximum Gasteiger partial charge on any atom is 0.323 e. The lowest BCUT2D eigenvalue weighted by atomic mass is 10.3. The van der Waals surface area contributed by atoms with E-state index in [0.29, 0.717) is 11.5 Å². The van der Waals surface area contributed by atoms with Crippen LogP contribution in [0.2, 0.25) is 0 Å². The number of halogens is 2. The van der Waals surface area contributed by atoms with Crippen molar-refractivity contribution in [3.05, 3.63) is 42.5 Å². The van der Waals surface area contributed by atoms with Gasteiger partial charge in [0, 0.05) is 5.69 Å². The van der Waals surface area contributed by atoms with Crippen LogP contribution in [0.1, 0.15) is 5.82 Å². The first-order chi connectivity index (χ1) is 10.1. The topological polar surface area (TPSA) is 71.2 Å². The molecule has 112 valence electrons. The Bertz CT molecular complexity index is 589. The summed E-state index contributed by atoms with van der Waals surface area (Å²) in [5, 5.41) is 12.7. The monoisotopic (exact) mass is 296 g/mol. The molecule has 1 heterocycles. The van der Waals surface area contributed by atoms with Gasteiger partial charge in [0.2, 0.25) is 0 Å². The highest BCUT2D eigenvalue weighted by molar-refractivity contribution is 5.73. The van der Waals surface area contributed by atoms with Gasteiger partial charge in [-0.05, 0) is 12.1 Å². The predicted molar refractivity (Wildman–Crippen MR) is 71.2 cm³/mol. The number of anilines is 1. The Morgan fingerprint density at radius 1 is 1.33 bits per heavy atom. The molecule has 2 aromatic rings. The van der Waals surface area contributed by atoms with Crippen molar-refractivity contribution in [1.29, 1.82) is 0 Å². The first-order valence-corrected chi connectivity index (χ1v) is 6.23. The number of rotatable bonds is 7. The Morgan fingerprint density at radius 2 is 2.05 bits per heavy atom. The SMILES string of the molecule is O=C(O)CN(Cc1ncnn1CC(F)F)c1ccccc1. The molecule has 2 rings (SSSR count). The van der Waals surface area contributed by atoms with Crippen molar-refractivity contribution in [1.82, 2.24) is 14.8 Å². The van der Waals surface area contributed by atoms with E-state index in [9.17, 15) is 13.6 Å². The molecule has 8 heteroatoms. The summed E-state index contributed by atoms with van der Waals surface area (Å²) in [7, 11) is 0. The Balaban J connectivity index is 2.19. The molecule has 0 aliphatic rings. The molecule has 0 fully saturated rings. The molecule has 0 radical (unpaired) electrons. The molecule has 0 amide bonds. The number of benzene rings is 1. The first kappa shape index (κ1) is 14.9. The number of aliphatic carboxylic acids is 1. The second kappa shape index (κ2) is 6.78. The lowest BCUT2D eigenvalue weighted by Gasteiger charge is -2.22. The zero-order valence-electron chi connectivity index (χ0n) is 11.1. The number of hydrogen-bond acceptors (Lipinski definition) is 4. The third-order valence-corrected chi connectivity index (χ3v) is 2.79. The summed E-state index contributed by atoms with van der Waals surface area (Å²) < 4.78 is 26.0. The zero-order valence-corrected chi connectivity index (χ0v) is 11.1. The lowest BCUT2D eigenvalue weighted by molar-refractivity contribution is -0.135. The quantitative estimate of drug-likeness (QED) is 0.841. The van der Waals surface area contributed by atoms with Crippen LogP contribution in [-0.2, 0) is 17.9 Å². The van der Waals surface area contributed by atoms with E-state index in [1.165, 1.54) is 11.2 Å². The van der Waals surface area contributed by atoms with E-state index in [-0.39, 0.29) is 13.1 Å². The molecule has 21 heavy (non-hydrogen) atoms. The number of carboxylic acid groups (broad SMARTS) is 1. The highest BCUT2D eigenvalue weighted by Crippen LogP contribution is 2.16. The molecule has 0 aliphatic heterocycles. The van der Waals surface area contributed by atoms with Gasteiger partial charge in [-0.25, -0.2) is 18.4 Å². The van der Waals surface area contributed by atoms with Crippen LogP contribution in [0.15, 0.2) is 36.7 Å². The standard InChI is InChI=1S/C13H14F2N4O2/c14-11(15)6-19-12(16-9-17-19)7-18(8-13(20)21)10-4-2-1-3-5-10/h1-5,9,11H,6-8H2,(H,20,21). The fourth-order valence-electron chi connectivity index (χ4n) is 1.91.